The van der Waals surface area contributed by atoms with E-state index in [2.05, 4.69) is 40.3 Å². The summed E-state index contributed by atoms with van der Waals surface area (Å²) < 4.78 is 6.30. The van der Waals surface area contributed by atoms with Gasteiger partial charge in [-0.2, -0.15) is 10.4 Å². The molecule has 1 aromatic carbocycles. The number of nitrogens with zero attached hydrogens (tertiary/aromatic N) is 5. The Morgan fingerprint density at radius 3 is 2.44 bits per heavy atom. The van der Waals surface area contributed by atoms with Crippen molar-refractivity contribution in [2.45, 2.75) is 52.7 Å². The van der Waals surface area contributed by atoms with Crippen LogP contribution >= 0.6 is 11.6 Å². The van der Waals surface area contributed by atoms with Crippen molar-refractivity contribution in [2.75, 3.05) is 18.9 Å². The molecule has 0 saturated heterocycles. The number of hydrogen-bond acceptors (Lipinski definition) is 8. The molecule has 0 fully saturated rings. The molecule has 10 heteroatoms. The summed E-state index contributed by atoms with van der Waals surface area (Å²) in [7, 11) is 1.94. The molecule has 9 nitrogen and oxygen atoms in total. The van der Waals surface area contributed by atoms with Crippen molar-refractivity contribution in [3.63, 3.8) is 0 Å². The van der Waals surface area contributed by atoms with E-state index in [1.807, 2.05) is 77.3 Å². The number of likely N-dealkylation sites (N-methyl/N-ethyl adjacent to an activating group) is 1. The van der Waals surface area contributed by atoms with Gasteiger partial charge in [-0.3, -0.25) is 4.79 Å². The van der Waals surface area contributed by atoms with Crippen LogP contribution in [0.25, 0.3) is 28.0 Å². The second-order valence-corrected chi connectivity index (χ2v) is 11.0. The number of ether oxygens (including phenoxy) is 1. The summed E-state index contributed by atoms with van der Waals surface area (Å²) in [5.41, 5.74) is 4.92. The molecule has 0 aliphatic rings. The fourth-order valence-electron chi connectivity index (χ4n) is 3.55. The number of carbonyl (C=O) groups excluding carboxylic acids is 1. The van der Waals surface area contributed by atoms with E-state index in [1.165, 1.54) is 0 Å². The van der Waals surface area contributed by atoms with Crippen molar-refractivity contribution in [1.82, 2.24) is 24.9 Å². The predicted molar refractivity (Wildman–Crippen MR) is 155 cm³/mol. The molecule has 0 amide bonds. The van der Waals surface area contributed by atoms with Gasteiger partial charge in [-0.1, -0.05) is 23.7 Å². The van der Waals surface area contributed by atoms with Gasteiger partial charge in [0.05, 0.1) is 17.2 Å². The lowest BCUT2D eigenvalue weighted by atomic mass is 10.00. The molecular formula is C29H34ClN7O2. The largest absolute Gasteiger partial charge is 0.462 e. The van der Waals surface area contributed by atoms with Gasteiger partial charge in [-0.25, -0.2) is 14.5 Å². The number of nitriles is 1. The van der Waals surface area contributed by atoms with E-state index in [1.54, 1.807) is 10.6 Å². The van der Waals surface area contributed by atoms with Crippen LogP contribution in [0, 0.1) is 18.3 Å². The Labute approximate surface area is 234 Å². The molecule has 0 atom stereocenters. The molecular weight excluding hydrogens is 514 g/mol. The summed E-state index contributed by atoms with van der Waals surface area (Å²) in [4.78, 5) is 18.8. The SMILES string of the molecule is CC(C)(C)OC=O.CNC(C)(C)CNc1ccn2nc(-c3cccc(C#N)c3)c(-c3cc(C)nc(Cl)c3)c2n1. The van der Waals surface area contributed by atoms with Crippen molar-refractivity contribution in [3.05, 3.63) is 65.1 Å². The number of aromatic nitrogens is 4. The van der Waals surface area contributed by atoms with Crippen molar-refractivity contribution in [1.29, 1.82) is 5.26 Å². The van der Waals surface area contributed by atoms with Gasteiger partial charge in [0.2, 0.25) is 0 Å². The highest BCUT2D eigenvalue weighted by molar-refractivity contribution is 6.29. The van der Waals surface area contributed by atoms with E-state index in [0.29, 0.717) is 29.4 Å². The predicted octanol–water partition coefficient (Wildman–Crippen LogP) is 5.66. The second kappa shape index (κ2) is 12.2. The van der Waals surface area contributed by atoms with Crippen molar-refractivity contribution in [2.24, 2.45) is 0 Å². The summed E-state index contributed by atoms with van der Waals surface area (Å²) in [5, 5.41) is 21.2. The average Bonchev–Trinajstić information content (AvgIpc) is 3.25. The number of benzene rings is 1. The fourth-order valence-corrected chi connectivity index (χ4v) is 3.80. The zero-order valence-corrected chi connectivity index (χ0v) is 24.1. The molecule has 2 N–H and O–H groups in total. The minimum Gasteiger partial charge on any atom is -0.462 e. The zero-order chi connectivity index (χ0) is 28.8. The van der Waals surface area contributed by atoms with E-state index in [9.17, 15) is 10.1 Å². The molecule has 0 aliphatic carbocycles. The third kappa shape index (κ3) is 7.99. The lowest BCUT2D eigenvalue weighted by Gasteiger charge is -2.24. The number of anilines is 1. The van der Waals surface area contributed by atoms with E-state index in [4.69, 9.17) is 21.7 Å². The Balaban J connectivity index is 0.000000532. The highest BCUT2D eigenvalue weighted by Gasteiger charge is 2.20. The van der Waals surface area contributed by atoms with Crippen LogP contribution in [0.5, 0.6) is 0 Å². The zero-order valence-electron chi connectivity index (χ0n) is 23.3. The number of rotatable bonds is 7. The van der Waals surface area contributed by atoms with Crippen LogP contribution in [-0.2, 0) is 9.53 Å². The van der Waals surface area contributed by atoms with Gasteiger partial charge >= 0.3 is 0 Å². The molecule has 4 rings (SSSR count). The molecule has 39 heavy (non-hydrogen) atoms. The highest BCUT2D eigenvalue weighted by atomic mass is 35.5. The number of fused-ring (bicyclic) bond motifs is 1. The van der Waals surface area contributed by atoms with E-state index < -0.39 is 0 Å². The Morgan fingerprint density at radius 1 is 1.10 bits per heavy atom. The quantitative estimate of drug-likeness (QED) is 0.225. The summed E-state index contributed by atoms with van der Waals surface area (Å²) in [6.07, 6.45) is 1.88. The molecule has 3 heterocycles. The molecule has 0 spiro atoms. The molecule has 204 valence electrons. The normalized spacial score (nSPS) is 11.4. The van der Waals surface area contributed by atoms with Crippen molar-refractivity contribution in [3.8, 4) is 28.5 Å². The van der Waals surface area contributed by atoms with Crippen LogP contribution in [0.15, 0.2) is 48.7 Å². The number of pyridine rings is 1. The first kappa shape index (κ1) is 29.6. The van der Waals surface area contributed by atoms with E-state index in [0.717, 1.165) is 33.9 Å². The molecule has 0 aliphatic heterocycles. The summed E-state index contributed by atoms with van der Waals surface area (Å²) in [6, 6.07) is 15.3. The molecule has 0 bridgehead atoms. The fraction of sp³-hybridized carbons (Fsp3) is 0.345. The highest BCUT2D eigenvalue weighted by Crippen LogP contribution is 2.36. The number of carbonyl (C=O) groups is 1. The summed E-state index contributed by atoms with van der Waals surface area (Å²) >= 11 is 6.29. The number of hydrogen-bond donors (Lipinski definition) is 2. The minimum atomic E-state index is -0.318. The van der Waals surface area contributed by atoms with Crippen molar-refractivity contribution >= 4 is 29.5 Å². The number of nitrogens with one attached hydrogen (secondary N) is 2. The van der Waals surface area contributed by atoms with Crippen LogP contribution in [0.2, 0.25) is 5.15 Å². The maximum Gasteiger partial charge on any atom is 0.293 e. The first-order chi connectivity index (χ1) is 18.4. The minimum absolute atomic E-state index is 0.0878. The summed E-state index contributed by atoms with van der Waals surface area (Å²) in [6.45, 7) is 12.8. The smallest absolute Gasteiger partial charge is 0.293 e. The average molecular weight is 548 g/mol. The monoisotopic (exact) mass is 547 g/mol. The first-order valence-electron chi connectivity index (χ1n) is 12.4. The van der Waals surface area contributed by atoms with Crippen LogP contribution in [0.4, 0.5) is 5.82 Å². The second-order valence-electron chi connectivity index (χ2n) is 10.6. The van der Waals surface area contributed by atoms with Gasteiger partial charge in [0, 0.05) is 29.5 Å². The van der Waals surface area contributed by atoms with Gasteiger partial charge in [0.15, 0.2) is 5.65 Å². The third-order valence-corrected chi connectivity index (χ3v) is 5.94. The van der Waals surface area contributed by atoms with Gasteiger partial charge in [-0.15, -0.1) is 0 Å². The van der Waals surface area contributed by atoms with Gasteiger partial charge in [0.25, 0.3) is 6.47 Å². The third-order valence-electron chi connectivity index (χ3n) is 5.75. The number of aryl methyl sites for hydroxylation is 1. The molecule has 4 aromatic rings. The Bertz CT molecular complexity index is 1480. The van der Waals surface area contributed by atoms with E-state index >= 15 is 0 Å². The maximum atomic E-state index is 9.60. The Morgan fingerprint density at radius 2 is 1.85 bits per heavy atom. The molecule has 0 saturated carbocycles. The van der Waals surface area contributed by atoms with Crippen LogP contribution in [0.1, 0.15) is 45.9 Å². The lowest BCUT2D eigenvalue weighted by Crippen LogP contribution is -2.42. The van der Waals surface area contributed by atoms with Gasteiger partial charge in [0.1, 0.15) is 22.3 Å². The Kier molecular flexibility index (Phi) is 9.28. The molecule has 0 unspecified atom stereocenters. The molecule has 0 radical (unpaired) electrons. The Hall–Kier alpha value is -4.00. The first-order valence-corrected chi connectivity index (χ1v) is 12.8. The topological polar surface area (TPSA) is 117 Å². The van der Waals surface area contributed by atoms with Gasteiger partial charge in [-0.05, 0) is 84.5 Å². The summed E-state index contributed by atoms with van der Waals surface area (Å²) in [5.74, 6) is 0.746. The van der Waals surface area contributed by atoms with Gasteiger partial charge < -0.3 is 15.4 Å². The maximum absolute atomic E-state index is 9.60. The standard InChI is InChI=1S/C24H24ClN7.C5H10O2/c1-15-10-18(12-19(25)29-15)21-22(17-7-5-6-16(11-17)13-26)31-32-9-8-20(30-23(21)32)28-14-24(2,3)27-4;1-5(2,3)7-4-6/h5-12,27H,14H2,1-4H3,(H,28,30);4H,1-3H3. The number of halogens is 1. The molecule has 3 aromatic heterocycles. The van der Waals surface area contributed by atoms with Crippen molar-refractivity contribution < 1.29 is 9.53 Å². The lowest BCUT2D eigenvalue weighted by molar-refractivity contribution is -0.138. The van der Waals surface area contributed by atoms with Crippen LogP contribution in [-0.4, -0.2) is 50.8 Å². The van der Waals surface area contributed by atoms with E-state index in [-0.39, 0.29) is 11.1 Å². The van der Waals surface area contributed by atoms with Crippen LogP contribution < -0.4 is 10.6 Å². The van der Waals surface area contributed by atoms with Crippen LogP contribution in [0.3, 0.4) is 0 Å².